The predicted octanol–water partition coefficient (Wildman–Crippen LogP) is 1.36. The zero-order valence-corrected chi connectivity index (χ0v) is 4.09. The molecule has 7 heavy (non-hydrogen) atoms. The molecular weight excluding hydrogens is 86.1 g/mol. The van der Waals surface area contributed by atoms with Crippen molar-refractivity contribution >= 4 is 6.21 Å². The van der Waals surface area contributed by atoms with Gasteiger partial charge >= 0.3 is 0 Å². The second-order valence-corrected chi connectivity index (χ2v) is 2.17. The van der Waals surface area contributed by atoms with Crippen LogP contribution in [0.2, 0.25) is 0 Å². The van der Waals surface area contributed by atoms with Crippen LogP contribution in [0.4, 0.5) is 0 Å². The summed E-state index contributed by atoms with van der Waals surface area (Å²) in [7, 11) is 0. The Bertz CT molecular complexity index is 144. The standard InChI is InChI=1S/C6H7N/c1-2-7-4-6-3-5(1)6/h2,4-5H,1,3H2. The minimum atomic E-state index is 0.914. The van der Waals surface area contributed by atoms with Gasteiger partial charge in [-0.2, -0.15) is 0 Å². The average molecular weight is 93.1 g/mol. The Morgan fingerprint density at radius 1 is 1.71 bits per heavy atom. The molecule has 1 saturated carbocycles. The molecule has 1 aliphatic heterocycles. The van der Waals surface area contributed by atoms with Crippen molar-refractivity contribution in [1.82, 2.24) is 0 Å². The van der Waals surface area contributed by atoms with Gasteiger partial charge in [0.2, 0.25) is 0 Å². The van der Waals surface area contributed by atoms with Crippen LogP contribution in [0.25, 0.3) is 0 Å². The molecule has 1 atom stereocenters. The Kier molecular flexibility index (Phi) is 0.474. The SMILES string of the molecule is C1=NC=C2CC2C1. The number of allylic oxidation sites excluding steroid dienone is 1. The fourth-order valence-electron chi connectivity index (χ4n) is 0.955. The predicted molar refractivity (Wildman–Crippen MR) is 29.3 cm³/mol. The second kappa shape index (κ2) is 0.971. The lowest BCUT2D eigenvalue weighted by Crippen LogP contribution is -1.80. The van der Waals surface area contributed by atoms with E-state index in [0.717, 1.165) is 5.92 Å². The summed E-state index contributed by atoms with van der Waals surface area (Å²) in [6, 6.07) is 0. The Labute approximate surface area is 42.8 Å². The Hall–Kier alpha value is -0.590. The molecule has 0 N–H and O–H groups in total. The van der Waals surface area contributed by atoms with Crippen LogP contribution in [-0.2, 0) is 0 Å². The third-order valence-electron chi connectivity index (χ3n) is 1.58. The Balaban J connectivity index is 2.31. The Morgan fingerprint density at radius 3 is 3.29 bits per heavy atom. The van der Waals surface area contributed by atoms with Gasteiger partial charge in [-0.15, -0.1) is 0 Å². The lowest BCUT2D eigenvalue weighted by molar-refractivity contribution is 0.931. The lowest BCUT2D eigenvalue weighted by atomic mass is 10.3. The number of nitrogens with zero attached hydrogens (tertiary/aromatic N) is 1. The largest absolute Gasteiger partial charge is 0.269 e. The van der Waals surface area contributed by atoms with Crippen molar-refractivity contribution in [2.75, 3.05) is 0 Å². The van der Waals surface area contributed by atoms with Crippen LogP contribution >= 0.6 is 0 Å². The quantitative estimate of drug-likeness (QED) is 0.429. The topological polar surface area (TPSA) is 12.4 Å². The van der Waals surface area contributed by atoms with E-state index < -0.39 is 0 Å². The minimum Gasteiger partial charge on any atom is -0.269 e. The summed E-state index contributed by atoms with van der Waals surface area (Å²) in [5.74, 6) is 0.914. The van der Waals surface area contributed by atoms with E-state index in [1.165, 1.54) is 12.8 Å². The molecule has 0 aromatic rings. The number of fused-ring (bicyclic) bond motifs is 1. The van der Waals surface area contributed by atoms with E-state index in [1.54, 1.807) is 5.57 Å². The van der Waals surface area contributed by atoms with Gasteiger partial charge < -0.3 is 0 Å². The van der Waals surface area contributed by atoms with Gasteiger partial charge in [0.1, 0.15) is 0 Å². The van der Waals surface area contributed by atoms with Crippen molar-refractivity contribution in [1.29, 1.82) is 0 Å². The van der Waals surface area contributed by atoms with Gasteiger partial charge in [-0.1, -0.05) is 0 Å². The van der Waals surface area contributed by atoms with E-state index in [4.69, 9.17) is 0 Å². The lowest BCUT2D eigenvalue weighted by Gasteiger charge is -1.87. The molecule has 1 nitrogen and oxygen atoms in total. The molecular formula is C6H7N. The van der Waals surface area contributed by atoms with Gasteiger partial charge in [0.25, 0.3) is 0 Å². The van der Waals surface area contributed by atoms with Crippen LogP contribution < -0.4 is 0 Å². The fourth-order valence-corrected chi connectivity index (χ4v) is 0.955. The number of hydrogen-bond donors (Lipinski definition) is 0. The molecule has 0 saturated heterocycles. The van der Waals surface area contributed by atoms with Crippen LogP contribution in [0.3, 0.4) is 0 Å². The summed E-state index contributed by atoms with van der Waals surface area (Å²) in [4.78, 5) is 4.01. The number of rotatable bonds is 0. The maximum absolute atomic E-state index is 4.01. The molecule has 0 aromatic carbocycles. The van der Waals surface area contributed by atoms with Gasteiger partial charge in [0.05, 0.1) is 0 Å². The van der Waals surface area contributed by atoms with E-state index in [2.05, 4.69) is 4.99 Å². The van der Waals surface area contributed by atoms with E-state index >= 15 is 0 Å². The third-order valence-corrected chi connectivity index (χ3v) is 1.58. The molecule has 1 heteroatoms. The first-order valence-electron chi connectivity index (χ1n) is 2.67. The summed E-state index contributed by atoms with van der Waals surface area (Å²) >= 11 is 0. The van der Waals surface area contributed by atoms with Gasteiger partial charge in [0, 0.05) is 12.4 Å². The zero-order chi connectivity index (χ0) is 4.69. The van der Waals surface area contributed by atoms with Crippen LogP contribution in [0.1, 0.15) is 12.8 Å². The fraction of sp³-hybridized carbons (Fsp3) is 0.500. The molecule has 0 spiro atoms. The second-order valence-electron chi connectivity index (χ2n) is 2.17. The molecule has 0 radical (unpaired) electrons. The van der Waals surface area contributed by atoms with Crippen molar-refractivity contribution in [3.8, 4) is 0 Å². The highest BCUT2D eigenvalue weighted by Gasteiger charge is 2.29. The molecule has 2 aliphatic rings. The maximum Gasteiger partial charge on any atom is 0.0259 e. The molecule has 2 rings (SSSR count). The van der Waals surface area contributed by atoms with Gasteiger partial charge in [-0.05, 0) is 24.3 Å². The first-order valence-corrected chi connectivity index (χ1v) is 2.67. The molecule has 0 amide bonds. The van der Waals surface area contributed by atoms with Crippen molar-refractivity contribution < 1.29 is 0 Å². The maximum atomic E-state index is 4.01. The first kappa shape index (κ1) is 3.42. The minimum absolute atomic E-state index is 0.914. The molecule has 0 aromatic heterocycles. The van der Waals surface area contributed by atoms with Crippen LogP contribution in [-0.4, -0.2) is 6.21 Å². The molecule has 0 bridgehead atoms. The Morgan fingerprint density at radius 2 is 2.71 bits per heavy atom. The molecule has 1 fully saturated rings. The van der Waals surface area contributed by atoms with Gasteiger partial charge in [-0.3, -0.25) is 4.99 Å². The first-order chi connectivity index (χ1) is 3.47. The number of hydrogen-bond acceptors (Lipinski definition) is 1. The van der Waals surface area contributed by atoms with Crippen molar-refractivity contribution in [2.45, 2.75) is 12.8 Å². The van der Waals surface area contributed by atoms with E-state index in [0.29, 0.717) is 0 Å². The summed E-state index contributed by atoms with van der Waals surface area (Å²) in [6.45, 7) is 0. The van der Waals surface area contributed by atoms with Crippen molar-refractivity contribution in [3.63, 3.8) is 0 Å². The average Bonchev–Trinajstić information content (AvgIpc) is 2.41. The molecule has 1 aliphatic carbocycles. The van der Waals surface area contributed by atoms with Gasteiger partial charge in [0.15, 0.2) is 0 Å². The van der Waals surface area contributed by atoms with Crippen LogP contribution in [0, 0.1) is 5.92 Å². The van der Waals surface area contributed by atoms with Gasteiger partial charge in [-0.25, -0.2) is 0 Å². The normalized spacial score (nSPS) is 34.3. The highest BCUT2D eigenvalue weighted by Crippen LogP contribution is 2.41. The van der Waals surface area contributed by atoms with E-state index in [9.17, 15) is 0 Å². The van der Waals surface area contributed by atoms with E-state index in [1.807, 2.05) is 12.4 Å². The summed E-state index contributed by atoms with van der Waals surface area (Å²) in [6.07, 6.45) is 6.52. The monoisotopic (exact) mass is 93.1 g/mol. The van der Waals surface area contributed by atoms with Crippen molar-refractivity contribution in [3.05, 3.63) is 11.8 Å². The summed E-state index contributed by atoms with van der Waals surface area (Å²) in [5, 5.41) is 0. The third kappa shape index (κ3) is 0.408. The summed E-state index contributed by atoms with van der Waals surface area (Å²) in [5.41, 5.74) is 1.56. The highest BCUT2D eigenvalue weighted by atomic mass is 14.7. The van der Waals surface area contributed by atoms with E-state index in [-0.39, 0.29) is 0 Å². The smallest absolute Gasteiger partial charge is 0.0259 e. The highest BCUT2D eigenvalue weighted by molar-refractivity contribution is 5.63. The zero-order valence-electron chi connectivity index (χ0n) is 4.09. The van der Waals surface area contributed by atoms with Crippen LogP contribution in [0.5, 0.6) is 0 Å². The molecule has 1 heterocycles. The summed E-state index contributed by atoms with van der Waals surface area (Å²) < 4.78 is 0. The molecule has 1 unspecified atom stereocenters. The molecule has 36 valence electrons. The van der Waals surface area contributed by atoms with Crippen molar-refractivity contribution in [2.24, 2.45) is 10.9 Å². The number of aliphatic imine (C=N–C) groups is 1. The van der Waals surface area contributed by atoms with Crippen LogP contribution in [0.15, 0.2) is 16.8 Å².